The van der Waals surface area contributed by atoms with Crippen molar-refractivity contribution in [1.29, 1.82) is 0 Å². The van der Waals surface area contributed by atoms with E-state index in [1.54, 1.807) is 6.07 Å². The molecule has 0 spiro atoms. The summed E-state index contributed by atoms with van der Waals surface area (Å²) in [6, 6.07) is 5.48. The molecule has 0 amide bonds. The minimum absolute atomic E-state index is 0.0232. The summed E-state index contributed by atoms with van der Waals surface area (Å²) in [5, 5.41) is 3.53. The zero-order valence-corrected chi connectivity index (χ0v) is 12.9. The van der Waals surface area contributed by atoms with Crippen LogP contribution in [-0.2, 0) is 16.4 Å². The van der Waals surface area contributed by atoms with E-state index in [1.807, 2.05) is 26.1 Å². The number of sulfone groups is 1. The van der Waals surface area contributed by atoms with Crippen molar-refractivity contribution in [1.82, 2.24) is 5.32 Å². The minimum Gasteiger partial charge on any atom is -0.491 e. The summed E-state index contributed by atoms with van der Waals surface area (Å²) in [6.45, 7) is 2.70. The number of rotatable bonds is 8. The molecule has 1 aromatic rings. The standard InChI is InChI=1S/C13H20ClNO3S/c1-3-7-19(16,17)8-6-18-13-5-4-11(10-15-2)9-12(13)14/h4-5,9,15H,3,6-8,10H2,1-2H3. The summed E-state index contributed by atoms with van der Waals surface area (Å²) in [4.78, 5) is 0. The Hall–Kier alpha value is -0.780. The Kier molecular flexibility index (Phi) is 6.62. The van der Waals surface area contributed by atoms with Gasteiger partial charge in [-0.1, -0.05) is 24.6 Å². The lowest BCUT2D eigenvalue weighted by Crippen LogP contribution is -2.16. The van der Waals surface area contributed by atoms with Crippen molar-refractivity contribution in [2.75, 3.05) is 25.2 Å². The molecule has 0 radical (unpaired) electrons. The van der Waals surface area contributed by atoms with Crippen LogP contribution in [0, 0.1) is 0 Å². The van der Waals surface area contributed by atoms with Gasteiger partial charge in [-0.15, -0.1) is 0 Å². The first-order valence-electron chi connectivity index (χ1n) is 6.24. The molecule has 1 N–H and O–H groups in total. The first-order valence-corrected chi connectivity index (χ1v) is 8.44. The van der Waals surface area contributed by atoms with Gasteiger partial charge in [0.15, 0.2) is 9.84 Å². The van der Waals surface area contributed by atoms with E-state index >= 15 is 0 Å². The number of benzene rings is 1. The molecule has 1 aromatic carbocycles. The Balaban J connectivity index is 2.54. The van der Waals surface area contributed by atoms with Gasteiger partial charge in [0, 0.05) is 6.54 Å². The van der Waals surface area contributed by atoms with E-state index in [4.69, 9.17) is 16.3 Å². The largest absolute Gasteiger partial charge is 0.491 e. The zero-order valence-electron chi connectivity index (χ0n) is 11.3. The Bertz CT molecular complexity index is 503. The predicted octanol–water partition coefficient (Wildman–Crippen LogP) is 2.26. The van der Waals surface area contributed by atoms with Gasteiger partial charge in [-0.25, -0.2) is 8.42 Å². The van der Waals surface area contributed by atoms with E-state index in [-0.39, 0.29) is 18.1 Å². The highest BCUT2D eigenvalue weighted by atomic mass is 35.5. The molecule has 0 aliphatic rings. The average Bonchev–Trinajstić information content (AvgIpc) is 2.32. The molecule has 0 saturated heterocycles. The van der Waals surface area contributed by atoms with Crippen molar-refractivity contribution in [2.45, 2.75) is 19.9 Å². The van der Waals surface area contributed by atoms with Gasteiger partial charge in [0.1, 0.15) is 12.4 Å². The molecule has 108 valence electrons. The monoisotopic (exact) mass is 305 g/mol. The summed E-state index contributed by atoms with van der Waals surface area (Å²) in [6.07, 6.45) is 0.627. The summed E-state index contributed by atoms with van der Waals surface area (Å²) in [5.74, 6) is 0.744. The van der Waals surface area contributed by atoms with E-state index in [1.165, 1.54) is 0 Å². The topological polar surface area (TPSA) is 55.4 Å². The molecule has 6 heteroatoms. The third kappa shape index (κ3) is 5.80. The van der Waals surface area contributed by atoms with Gasteiger partial charge in [0.05, 0.1) is 16.5 Å². The first kappa shape index (κ1) is 16.3. The van der Waals surface area contributed by atoms with E-state index in [9.17, 15) is 8.42 Å². The van der Waals surface area contributed by atoms with Crippen molar-refractivity contribution < 1.29 is 13.2 Å². The molecular weight excluding hydrogens is 286 g/mol. The molecule has 0 heterocycles. The first-order chi connectivity index (χ1) is 8.98. The highest BCUT2D eigenvalue weighted by Gasteiger charge is 2.10. The molecule has 4 nitrogen and oxygen atoms in total. The maximum Gasteiger partial charge on any atom is 0.153 e. The van der Waals surface area contributed by atoms with Crippen LogP contribution in [0.3, 0.4) is 0 Å². The summed E-state index contributed by atoms with van der Waals surface area (Å²) in [5.41, 5.74) is 1.05. The van der Waals surface area contributed by atoms with E-state index < -0.39 is 9.84 Å². The quantitative estimate of drug-likeness (QED) is 0.800. The molecule has 19 heavy (non-hydrogen) atoms. The number of nitrogens with one attached hydrogen (secondary N) is 1. The molecule has 0 aromatic heterocycles. The normalized spacial score (nSPS) is 11.5. The van der Waals surface area contributed by atoms with Crippen LogP contribution >= 0.6 is 11.6 Å². The third-order valence-corrected chi connectivity index (χ3v) is 4.66. The molecule has 0 aliphatic heterocycles. The van der Waals surface area contributed by atoms with Gasteiger partial charge in [0.25, 0.3) is 0 Å². The molecule has 0 unspecified atom stereocenters. The Morgan fingerprint density at radius 2 is 2.05 bits per heavy atom. The van der Waals surface area contributed by atoms with Crippen LogP contribution in [0.25, 0.3) is 0 Å². The second-order valence-corrected chi connectivity index (χ2v) is 7.01. The van der Waals surface area contributed by atoms with Gasteiger partial charge >= 0.3 is 0 Å². The number of hydrogen-bond donors (Lipinski definition) is 1. The zero-order chi connectivity index (χ0) is 14.3. The van der Waals surface area contributed by atoms with Gasteiger partial charge in [-0.05, 0) is 31.2 Å². The fourth-order valence-corrected chi connectivity index (χ4v) is 3.09. The fraction of sp³-hybridized carbons (Fsp3) is 0.538. The van der Waals surface area contributed by atoms with Crippen molar-refractivity contribution in [2.24, 2.45) is 0 Å². The molecule has 0 bridgehead atoms. The van der Waals surface area contributed by atoms with Crippen molar-refractivity contribution >= 4 is 21.4 Å². The molecule has 0 aliphatic carbocycles. The maximum absolute atomic E-state index is 11.5. The lowest BCUT2D eigenvalue weighted by molar-refractivity contribution is 0.341. The van der Waals surface area contributed by atoms with Gasteiger partial charge in [0.2, 0.25) is 0 Å². The van der Waals surface area contributed by atoms with Gasteiger partial charge in [-0.3, -0.25) is 0 Å². The minimum atomic E-state index is -3.01. The van der Waals surface area contributed by atoms with Crippen LogP contribution in [0.2, 0.25) is 5.02 Å². The Morgan fingerprint density at radius 1 is 1.32 bits per heavy atom. The highest BCUT2D eigenvalue weighted by Crippen LogP contribution is 2.25. The van der Waals surface area contributed by atoms with Crippen LogP contribution in [-0.4, -0.2) is 33.6 Å². The molecule has 0 fully saturated rings. The number of ether oxygens (including phenoxy) is 1. The van der Waals surface area contributed by atoms with Gasteiger partial charge in [-0.2, -0.15) is 0 Å². The van der Waals surface area contributed by atoms with Crippen molar-refractivity contribution in [3.63, 3.8) is 0 Å². The second kappa shape index (κ2) is 7.72. The summed E-state index contributed by atoms with van der Waals surface area (Å²) >= 11 is 6.07. The predicted molar refractivity (Wildman–Crippen MR) is 78.7 cm³/mol. The highest BCUT2D eigenvalue weighted by molar-refractivity contribution is 7.91. The molecule has 0 saturated carbocycles. The molecule has 0 atom stereocenters. The van der Waals surface area contributed by atoms with E-state index in [0.29, 0.717) is 17.2 Å². The van der Waals surface area contributed by atoms with Crippen LogP contribution in [0.15, 0.2) is 18.2 Å². The molecule has 1 rings (SSSR count). The Morgan fingerprint density at radius 3 is 2.63 bits per heavy atom. The maximum atomic E-state index is 11.5. The fourth-order valence-electron chi connectivity index (χ4n) is 1.67. The third-order valence-electron chi connectivity index (χ3n) is 2.54. The lowest BCUT2D eigenvalue weighted by Gasteiger charge is -2.09. The smallest absolute Gasteiger partial charge is 0.153 e. The lowest BCUT2D eigenvalue weighted by atomic mass is 10.2. The van der Waals surface area contributed by atoms with Gasteiger partial charge < -0.3 is 10.1 Å². The summed E-state index contributed by atoms with van der Waals surface area (Å²) < 4.78 is 28.5. The number of hydrogen-bond acceptors (Lipinski definition) is 4. The van der Waals surface area contributed by atoms with E-state index in [0.717, 1.165) is 12.1 Å². The second-order valence-electron chi connectivity index (χ2n) is 4.30. The van der Waals surface area contributed by atoms with Crippen LogP contribution in [0.1, 0.15) is 18.9 Å². The van der Waals surface area contributed by atoms with Crippen molar-refractivity contribution in [3.05, 3.63) is 28.8 Å². The molecular formula is C13H20ClNO3S. The van der Waals surface area contributed by atoms with Crippen LogP contribution in [0.4, 0.5) is 0 Å². The average molecular weight is 306 g/mol. The summed E-state index contributed by atoms with van der Waals surface area (Å²) in [7, 11) is -1.15. The SMILES string of the molecule is CCCS(=O)(=O)CCOc1ccc(CNC)cc1Cl. The number of halogens is 1. The van der Waals surface area contributed by atoms with Crippen LogP contribution in [0.5, 0.6) is 5.75 Å². The Labute approximate surface area is 120 Å². The van der Waals surface area contributed by atoms with E-state index in [2.05, 4.69) is 5.32 Å². The van der Waals surface area contributed by atoms with Crippen LogP contribution < -0.4 is 10.1 Å². The van der Waals surface area contributed by atoms with Crippen molar-refractivity contribution in [3.8, 4) is 5.75 Å².